The van der Waals surface area contributed by atoms with Crippen LogP contribution in [0.5, 0.6) is 0 Å². The van der Waals surface area contributed by atoms with Gasteiger partial charge in [-0.25, -0.2) is 8.42 Å². The number of hydrogen-bond donors (Lipinski definition) is 1. The van der Waals surface area contributed by atoms with Gasteiger partial charge in [0.2, 0.25) is 0 Å². The SMILES string of the molecule is CC=NS(=O)(=O)c1cc2c(s1)S(=O)(=O)[C@@H](CCCOC)C[C@@H]2NCC. The Balaban J connectivity index is 2.48. The van der Waals surface area contributed by atoms with Gasteiger partial charge in [0, 0.05) is 31.5 Å². The van der Waals surface area contributed by atoms with Crippen LogP contribution in [0, 0.1) is 0 Å². The summed E-state index contributed by atoms with van der Waals surface area (Å²) >= 11 is 0.801. The normalized spacial score (nSPS) is 23.0. The van der Waals surface area contributed by atoms with Gasteiger partial charge in [-0.1, -0.05) is 6.92 Å². The van der Waals surface area contributed by atoms with Crippen LogP contribution in [0.3, 0.4) is 0 Å². The van der Waals surface area contributed by atoms with Crippen molar-refractivity contribution in [3.8, 4) is 0 Å². The maximum absolute atomic E-state index is 13.0. The van der Waals surface area contributed by atoms with E-state index in [1.165, 1.54) is 19.2 Å². The van der Waals surface area contributed by atoms with Gasteiger partial charge in [0.15, 0.2) is 9.84 Å². The van der Waals surface area contributed by atoms with E-state index >= 15 is 0 Å². The summed E-state index contributed by atoms with van der Waals surface area (Å²) in [6.45, 7) is 4.61. The molecule has 0 saturated carbocycles. The molecule has 0 amide bonds. The van der Waals surface area contributed by atoms with E-state index in [9.17, 15) is 16.8 Å². The fraction of sp³-hybridized carbons (Fsp3) is 0.667. The molecule has 0 radical (unpaired) electrons. The molecule has 1 aromatic heterocycles. The van der Waals surface area contributed by atoms with E-state index in [0.29, 0.717) is 38.0 Å². The molecule has 0 spiro atoms. The van der Waals surface area contributed by atoms with Crippen molar-refractivity contribution in [2.45, 2.75) is 52.8 Å². The quantitative estimate of drug-likeness (QED) is 0.522. The second kappa shape index (κ2) is 8.26. The lowest BCUT2D eigenvalue weighted by Crippen LogP contribution is -2.35. The molecular formula is C15H24N2O5S3. The molecule has 0 aromatic carbocycles. The molecule has 0 fully saturated rings. The maximum atomic E-state index is 13.0. The van der Waals surface area contributed by atoms with Crippen LogP contribution < -0.4 is 5.32 Å². The molecule has 0 unspecified atom stereocenters. The van der Waals surface area contributed by atoms with Crippen LogP contribution in [-0.4, -0.2) is 48.6 Å². The Morgan fingerprint density at radius 2 is 2.20 bits per heavy atom. The molecule has 1 N–H and O–H groups in total. The number of nitrogens with zero attached hydrogens (tertiary/aromatic N) is 1. The third-order valence-corrected chi connectivity index (χ3v) is 9.84. The zero-order valence-corrected chi connectivity index (χ0v) is 17.0. The summed E-state index contributed by atoms with van der Waals surface area (Å²) < 4.78 is 58.9. The summed E-state index contributed by atoms with van der Waals surface area (Å²) in [5.74, 6) is 0. The van der Waals surface area contributed by atoms with Gasteiger partial charge >= 0.3 is 0 Å². The van der Waals surface area contributed by atoms with E-state index < -0.39 is 25.1 Å². The van der Waals surface area contributed by atoms with Crippen molar-refractivity contribution in [2.75, 3.05) is 20.3 Å². The van der Waals surface area contributed by atoms with Gasteiger partial charge in [0.25, 0.3) is 10.0 Å². The Morgan fingerprint density at radius 3 is 2.80 bits per heavy atom. The molecule has 25 heavy (non-hydrogen) atoms. The molecule has 10 heteroatoms. The molecule has 1 aliphatic rings. The summed E-state index contributed by atoms with van der Waals surface area (Å²) in [5, 5.41) is 2.73. The minimum absolute atomic E-state index is 0.0281. The Hall–Kier alpha value is -0.810. The number of methoxy groups -OCH3 is 1. The fourth-order valence-electron chi connectivity index (χ4n) is 2.98. The van der Waals surface area contributed by atoms with Crippen molar-refractivity contribution in [3.05, 3.63) is 11.6 Å². The van der Waals surface area contributed by atoms with E-state index in [0.717, 1.165) is 11.3 Å². The number of sulfone groups is 1. The van der Waals surface area contributed by atoms with Gasteiger partial charge in [-0.15, -0.1) is 11.3 Å². The van der Waals surface area contributed by atoms with Crippen molar-refractivity contribution in [1.29, 1.82) is 0 Å². The number of ether oxygens (including phenoxy) is 1. The summed E-state index contributed by atoms with van der Waals surface area (Å²) in [7, 11) is -5.83. The molecule has 2 heterocycles. The van der Waals surface area contributed by atoms with Crippen molar-refractivity contribution >= 4 is 37.4 Å². The van der Waals surface area contributed by atoms with Gasteiger partial charge < -0.3 is 10.1 Å². The summed E-state index contributed by atoms with van der Waals surface area (Å²) in [6.07, 6.45) is 2.76. The number of rotatable bonds is 8. The monoisotopic (exact) mass is 408 g/mol. The van der Waals surface area contributed by atoms with Crippen molar-refractivity contribution in [2.24, 2.45) is 4.40 Å². The third-order valence-electron chi connectivity index (χ3n) is 4.10. The van der Waals surface area contributed by atoms with Crippen LogP contribution in [0.15, 0.2) is 18.9 Å². The predicted molar refractivity (Wildman–Crippen MR) is 98.8 cm³/mol. The van der Waals surface area contributed by atoms with Crippen LogP contribution in [0.2, 0.25) is 0 Å². The van der Waals surface area contributed by atoms with E-state index in [1.807, 2.05) is 6.92 Å². The average molecular weight is 409 g/mol. The van der Waals surface area contributed by atoms with Crippen molar-refractivity contribution in [1.82, 2.24) is 5.32 Å². The molecular weight excluding hydrogens is 384 g/mol. The highest BCUT2D eigenvalue weighted by Crippen LogP contribution is 2.44. The third kappa shape index (κ3) is 4.30. The largest absolute Gasteiger partial charge is 0.385 e. The minimum atomic E-state index is -3.86. The second-order valence-electron chi connectivity index (χ2n) is 5.79. The van der Waals surface area contributed by atoms with Crippen molar-refractivity contribution < 1.29 is 21.6 Å². The Kier molecular flexibility index (Phi) is 6.77. The lowest BCUT2D eigenvalue weighted by molar-refractivity contribution is 0.191. The highest BCUT2D eigenvalue weighted by molar-refractivity contribution is 7.96. The molecule has 2 rings (SSSR count). The highest BCUT2D eigenvalue weighted by atomic mass is 32.3. The summed E-state index contributed by atoms with van der Waals surface area (Å²) in [6, 6.07) is 1.28. The average Bonchev–Trinajstić information content (AvgIpc) is 2.99. The first-order chi connectivity index (χ1) is 11.8. The molecule has 2 atom stereocenters. The van der Waals surface area contributed by atoms with Gasteiger partial charge in [-0.2, -0.15) is 12.8 Å². The first-order valence-corrected chi connectivity index (χ1v) is 11.9. The van der Waals surface area contributed by atoms with Gasteiger partial charge in [0.05, 0.1) is 5.25 Å². The van der Waals surface area contributed by atoms with E-state index in [2.05, 4.69) is 9.71 Å². The van der Waals surface area contributed by atoms with Crippen LogP contribution in [-0.2, 0) is 24.6 Å². The summed E-state index contributed by atoms with van der Waals surface area (Å²) in [4.78, 5) is 0. The molecule has 1 aromatic rings. The molecule has 0 saturated heterocycles. The van der Waals surface area contributed by atoms with Gasteiger partial charge in [0.1, 0.15) is 8.42 Å². The van der Waals surface area contributed by atoms with Crippen LogP contribution in [0.1, 0.15) is 44.7 Å². The smallest absolute Gasteiger partial charge is 0.291 e. The highest BCUT2D eigenvalue weighted by Gasteiger charge is 2.41. The lowest BCUT2D eigenvalue weighted by Gasteiger charge is -2.29. The van der Waals surface area contributed by atoms with E-state index in [1.54, 1.807) is 7.11 Å². The number of sulfonamides is 1. The Labute approximate surface area is 153 Å². The Morgan fingerprint density at radius 1 is 1.48 bits per heavy atom. The molecule has 0 aliphatic carbocycles. The first-order valence-electron chi connectivity index (χ1n) is 8.12. The maximum Gasteiger partial charge on any atom is 0.291 e. The topological polar surface area (TPSA) is 102 Å². The number of fused-ring (bicyclic) bond motifs is 1. The number of hydrogen-bond acceptors (Lipinski definition) is 7. The molecule has 0 bridgehead atoms. The zero-order valence-electron chi connectivity index (χ0n) is 14.6. The second-order valence-corrected chi connectivity index (χ2v) is 11.1. The van der Waals surface area contributed by atoms with Crippen LogP contribution in [0.4, 0.5) is 0 Å². The van der Waals surface area contributed by atoms with Gasteiger partial charge in [-0.05, 0) is 38.8 Å². The minimum Gasteiger partial charge on any atom is -0.385 e. The molecule has 142 valence electrons. The van der Waals surface area contributed by atoms with E-state index in [-0.39, 0.29) is 14.5 Å². The molecule has 7 nitrogen and oxygen atoms in total. The molecule has 1 aliphatic heterocycles. The van der Waals surface area contributed by atoms with Crippen LogP contribution in [0.25, 0.3) is 0 Å². The first kappa shape index (κ1) is 20.5. The zero-order chi connectivity index (χ0) is 18.7. The van der Waals surface area contributed by atoms with E-state index in [4.69, 9.17) is 4.74 Å². The summed E-state index contributed by atoms with van der Waals surface area (Å²) in [5.41, 5.74) is 0.541. The van der Waals surface area contributed by atoms with Crippen LogP contribution >= 0.6 is 11.3 Å². The van der Waals surface area contributed by atoms with Gasteiger partial charge in [-0.3, -0.25) is 0 Å². The Bertz CT molecular complexity index is 827. The number of thiophene rings is 1. The predicted octanol–water partition coefficient (Wildman–Crippen LogP) is 2.15. The standard InChI is InChI=1S/C15H24N2O5S3/c1-4-16-13-9-11(7-6-8-22-3)24(18,19)15-12(13)10-14(23-15)25(20,21)17-5-2/h5,10-11,13,16H,4,6-9H2,1-3H3/t11-,13-/m0/s1. The lowest BCUT2D eigenvalue weighted by atomic mass is 10.0. The number of nitrogens with one attached hydrogen (secondary N) is 1. The van der Waals surface area contributed by atoms with Crippen molar-refractivity contribution in [3.63, 3.8) is 0 Å². The fourth-order valence-corrected chi connectivity index (χ4v) is 8.19.